The molecule has 116 valence electrons. The Hall–Kier alpha value is -0.718. The Morgan fingerprint density at radius 2 is 1.43 bits per heavy atom. The second kappa shape index (κ2) is 4.90. The summed E-state index contributed by atoms with van der Waals surface area (Å²) in [6, 6.07) is 2.48. The van der Waals surface area contributed by atoms with Gasteiger partial charge in [-0.15, -0.1) is 0 Å². The molecule has 1 aromatic carbocycles. The van der Waals surface area contributed by atoms with Crippen LogP contribution in [-0.2, 0) is 9.31 Å². The van der Waals surface area contributed by atoms with Gasteiger partial charge in [-0.25, -0.2) is 8.78 Å². The van der Waals surface area contributed by atoms with Crippen molar-refractivity contribution in [3.63, 3.8) is 0 Å². The fourth-order valence-corrected chi connectivity index (χ4v) is 3.67. The number of hydrogen-bond donors (Lipinski definition) is 0. The monoisotopic (exact) mass is 312 g/mol. The summed E-state index contributed by atoms with van der Waals surface area (Å²) < 4.78 is 40.4. The number of benzene rings is 1. The highest BCUT2D eigenvalue weighted by Gasteiger charge is 2.52. The van der Waals surface area contributed by atoms with E-state index in [2.05, 4.69) is 0 Å². The molecule has 0 aromatic heterocycles. The standard InChI is InChI=1S/C15H23BF2O2Si/c1-14(2)15(3,4)20-16(19-14)11-8-10(17)9-12(13(11)18)21(5,6)7/h8-9H,1-7H3. The molecule has 6 heteroatoms. The van der Waals surface area contributed by atoms with Crippen molar-refractivity contribution in [1.29, 1.82) is 0 Å². The van der Waals surface area contributed by atoms with E-state index in [1.807, 2.05) is 47.3 Å². The van der Waals surface area contributed by atoms with Crippen LogP contribution < -0.4 is 10.6 Å². The summed E-state index contributed by atoms with van der Waals surface area (Å²) in [5.74, 6) is -0.840. The number of rotatable bonds is 2. The van der Waals surface area contributed by atoms with Crippen LogP contribution in [0, 0.1) is 11.6 Å². The molecule has 1 aromatic rings. The fourth-order valence-electron chi connectivity index (χ4n) is 2.30. The topological polar surface area (TPSA) is 18.5 Å². The largest absolute Gasteiger partial charge is 0.497 e. The zero-order valence-electron chi connectivity index (χ0n) is 13.8. The Labute approximate surface area is 127 Å². The fraction of sp³-hybridized carbons (Fsp3) is 0.600. The highest BCUT2D eigenvalue weighted by molar-refractivity contribution is 6.89. The van der Waals surface area contributed by atoms with Gasteiger partial charge in [0.2, 0.25) is 0 Å². The van der Waals surface area contributed by atoms with Crippen molar-refractivity contribution in [2.75, 3.05) is 0 Å². The summed E-state index contributed by atoms with van der Waals surface area (Å²) in [7, 11) is -2.86. The highest BCUT2D eigenvalue weighted by Crippen LogP contribution is 2.36. The summed E-state index contributed by atoms with van der Waals surface area (Å²) in [4.78, 5) is 0. The molecule has 1 heterocycles. The van der Waals surface area contributed by atoms with E-state index in [1.165, 1.54) is 12.1 Å². The van der Waals surface area contributed by atoms with Gasteiger partial charge in [0.05, 0.1) is 19.3 Å². The molecule has 2 rings (SSSR count). The quantitative estimate of drug-likeness (QED) is 0.782. The van der Waals surface area contributed by atoms with Gasteiger partial charge in [-0.2, -0.15) is 0 Å². The minimum atomic E-state index is -1.99. The molecule has 0 radical (unpaired) electrons. The third-order valence-electron chi connectivity index (χ3n) is 4.38. The molecule has 1 aliphatic heterocycles. The summed E-state index contributed by atoms with van der Waals surface area (Å²) >= 11 is 0. The molecule has 21 heavy (non-hydrogen) atoms. The SMILES string of the molecule is CC1(C)OB(c2cc(F)cc([Si](C)(C)C)c2F)OC1(C)C. The Kier molecular flexibility index (Phi) is 3.88. The Balaban J connectivity index is 2.50. The second-order valence-corrected chi connectivity index (χ2v) is 12.7. The van der Waals surface area contributed by atoms with E-state index in [-0.39, 0.29) is 5.46 Å². The molecule has 2 nitrogen and oxygen atoms in total. The van der Waals surface area contributed by atoms with Crippen LogP contribution in [0.5, 0.6) is 0 Å². The lowest BCUT2D eigenvalue weighted by atomic mass is 9.78. The van der Waals surface area contributed by atoms with Gasteiger partial charge in [0.15, 0.2) is 0 Å². The molecule has 0 aliphatic carbocycles. The Morgan fingerprint density at radius 1 is 0.952 bits per heavy atom. The van der Waals surface area contributed by atoms with Crippen LogP contribution in [0.4, 0.5) is 8.78 Å². The van der Waals surface area contributed by atoms with Crippen LogP contribution in [-0.4, -0.2) is 26.4 Å². The number of halogens is 2. The molecule has 1 saturated heterocycles. The van der Waals surface area contributed by atoms with Crippen molar-refractivity contribution in [3.8, 4) is 0 Å². The molecule has 0 saturated carbocycles. The van der Waals surface area contributed by atoms with Crippen molar-refractivity contribution in [3.05, 3.63) is 23.8 Å². The van der Waals surface area contributed by atoms with Crippen LogP contribution in [0.15, 0.2) is 12.1 Å². The predicted molar refractivity (Wildman–Crippen MR) is 85.1 cm³/mol. The zero-order valence-corrected chi connectivity index (χ0v) is 14.8. The molecule has 0 amide bonds. The molecule has 0 bridgehead atoms. The lowest BCUT2D eigenvalue weighted by Crippen LogP contribution is -2.47. The van der Waals surface area contributed by atoms with E-state index in [9.17, 15) is 8.78 Å². The van der Waals surface area contributed by atoms with E-state index in [1.54, 1.807) is 0 Å². The Bertz CT molecular complexity index is 552. The maximum atomic E-state index is 14.8. The second-order valence-electron chi connectivity index (χ2n) is 7.69. The van der Waals surface area contributed by atoms with E-state index in [0.717, 1.165) is 0 Å². The van der Waals surface area contributed by atoms with E-state index >= 15 is 0 Å². The minimum absolute atomic E-state index is 0.158. The average molecular weight is 312 g/mol. The van der Waals surface area contributed by atoms with Gasteiger partial charge < -0.3 is 9.31 Å². The van der Waals surface area contributed by atoms with Crippen LogP contribution >= 0.6 is 0 Å². The minimum Gasteiger partial charge on any atom is -0.399 e. The van der Waals surface area contributed by atoms with Gasteiger partial charge in [-0.3, -0.25) is 0 Å². The van der Waals surface area contributed by atoms with Crippen LogP contribution in [0.25, 0.3) is 0 Å². The van der Waals surface area contributed by atoms with Gasteiger partial charge in [0.1, 0.15) is 11.6 Å². The van der Waals surface area contributed by atoms with Gasteiger partial charge >= 0.3 is 7.12 Å². The summed E-state index contributed by atoms with van der Waals surface area (Å²) in [6.45, 7) is 13.5. The summed E-state index contributed by atoms with van der Waals surface area (Å²) in [5, 5.41) is 0.465. The summed E-state index contributed by atoms with van der Waals surface area (Å²) in [6.07, 6.45) is 0. The van der Waals surface area contributed by atoms with Crippen LogP contribution in [0.2, 0.25) is 19.6 Å². The molecule has 0 N–H and O–H groups in total. The molecule has 0 atom stereocenters. The Morgan fingerprint density at radius 3 is 1.86 bits per heavy atom. The van der Waals surface area contributed by atoms with Gasteiger partial charge in [0, 0.05) is 5.46 Å². The number of hydrogen-bond acceptors (Lipinski definition) is 2. The van der Waals surface area contributed by atoms with Gasteiger partial charge in [0.25, 0.3) is 0 Å². The third kappa shape index (κ3) is 2.94. The lowest BCUT2D eigenvalue weighted by Gasteiger charge is -2.32. The van der Waals surface area contributed by atoms with Crippen molar-refractivity contribution in [2.45, 2.75) is 58.5 Å². The normalized spacial score (nSPS) is 20.9. The first kappa shape index (κ1) is 16.6. The summed E-state index contributed by atoms with van der Waals surface area (Å²) in [5.41, 5.74) is -0.989. The molecule has 0 unspecified atom stereocenters. The lowest BCUT2D eigenvalue weighted by molar-refractivity contribution is 0.00578. The first-order valence-corrected chi connectivity index (χ1v) is 10.7. The molecule has 0 spiro atoms. The molecular weight excluding hydrogens is 289 g/mol. The van der Waals surface area contributed by atoms with Crippen molar-refractivity contribution < 1.29 is 18.1 Å². The maximum Gasteiger partial charge on any atom is 0.497 e. The van der Waals surface area contributed by atoms with Crippen LogP contribution in [0.3, 0.4) is 0 Å². The van der Waals surface area contributed by atoms with Crippen LogP contribution in [0.1, 0.15) is 27.7 Å². The first-order chi connectivity index (χ1) is 9.35. The van der Waals surface area contributed by atoms with Crippen molar-refractivity contribution >= 4 is 25.8 Å². The van der Waals surface area contributed by atoms with E-state index in [0.29, 0.717) is 5.19 Å². The van der Waals surface area contributed by atoms with E-state index < -0.39 is 38.0 Å². The maximum absolute atomic E-state index is 14.8. The molecule has 1 fully saturated rings. The predicted octanol–water partition coefficient (Wildman–Crippen LogP) is 2.81. The zero-order chi connectivity index (χ0) is 16.2. The van der Waals surface area contributed by atoms with Gasteiger partial charge in [-0.1, -0.05) is 19.6 Å². The average Bonchev–Trinajstić information content (AvgIpc) is 2.49. The molecule has 1 aliphatic rings. The third-order valence-corrected chi connectivity index (χ3v) is 6.36. The first-order valence-electron chi connectivity index (χ1n) is 7.20. The molecular formula is C15H23BF2O2Si. The van der Waals surface area contributed by atoms with Crippen molar-refractivity contribution in [1.82, 2.24) is 0 Å². The highest BCUT2D eigenvalue weighted by atomic mass is 28.3. The van der Waals surface area contributed by atoms with E-state index in [4.69, 9.17) is 9.31 Å². The van der Waals surface area contributed by atoms with Gasteiger partial charge in [-0.05, 0) is 45.0 Å². The van der Waals surface area contributed by atoms with Crippen molar-refractivity contribution in [2.24, 2.45) is 0 Å². The smallest absolute Gasteiger partial charge is 0.399 e.